The van der Waals surface area contributed by atoms with Crippen molar-refractivity contribution in [3.63, 3.8) is 0 Å². The maximum absolute atomic E-state index is 12.9. The Kier molecular flexibility index (Phi) is 10.0. The third kappa shape index (κ3) is 8.27. The number of hydrogen-bond acceptors (Lipinski definition) is 9. The molecule has 0 aromatic carbocycles. The molecule has 0 aliphatic carbocycles. The van der Waals surface area contributed by atoms with Crippen LogP contribution < -0.4 is 16.2 Å². The average Bonchev–Trinajstić information content (AvgIpc) is 3.50. The Morgan fingerprint density at radius 1 is 1.18 bits per heavy atom. The molecule has 0 saturated carbocycles. The number of anilines is 1. The molecule has 208 valence electrons. The smallest absolute Gasteiger partial charge is 0.323 e. The van der Waals surface area contributed by atoms with E-state index in [0.29, 0.717) is 29.0 Å². The van der Waals surface area contributed by atoms with Gasteiger partial charge in [-0.2, -0.15) is 0 Å². The van der Waals surface area contributed by atoms with Gasteiger partial charge in [0, 0.05) is 40.2 Å². The zero-order chi connectivity index (χ0) is 28.6. The van der Waals surface area contributed by atoms with Gasteiger partial charge in [-0.25, -0.2) is 9.55 Å². The zero-order valence-electron chi connectivity index (χ0n) is 22.7. The maximum Gasteiger partial charge on any atom is 0.323 e. The molecule has 0 bridgehead atoms. The number of aromatic nitrogens is 3. The lowest BCUT2D eigenvalue weighted by molar-refractivity contribution is -0.147. The van der Waals surface area contributed by atoms with Crippen LogP contribution in [0.3, 0.4) is 0 Å². The van der Waals surface area contributed by atoms with Crippen molar-refractivity contribution < 1.29 is 23.9 Å². The van der Waals surface area contributed by atoms with E-state index >= 15 is 0 Å². The highest BCUT2D eigenvalue weighted by Gasteiger charge is 2.23. The average molecular weight is 556 g/mol. The Hall–Kier alpha value is -3.95. The van der Waals surface area contributed by atoms with Crippen LogP contribution in [0.5, 0.6) is 0 Å². The highest BCUT2D eigenvalue weighted by molar-refractivity contribution is 7.10. The Bertz CT molecular complexity index is 1450. The minimum atomic E-state index is -0.651. The lowest BCUT2D eigenvalue weighted by Crippen LogP contribution is -2.38. The van der Waals surface area contributed by atoms with Gasteiger partial charge in [0.1, 0.15) is 23.8 Å². The number of H-pyrrole nitrogens is 1. The molecule has 1 atom stereocenters. The highest BCUT2D eigenvalue weighted by Crippen LogP contribution is 2.19. The second-order valence-corrected chi connectivity index (χ2v) is 10.6. The summed E-state index contributed by atoms with van der Waals surface area (Å²) in [4.78, 5) is 57.3. The Labute approximate surface area is 230 Å². The number of carbonyl (C=O) groups excluding carboxylic acids is 3. The molecule has 0 fully saturated rings. The number of aromatic amines is 1. The molecule has 3 aromatic heterocycles. The molecule has 0 spiro atoms. The molecule has 12 heteroatoms. The SMILES string of the molecule is CCOC(=O)CC[C@H](NCc1cc(C#Cn2cnc3[nH]c(NC(=O)C(C)(C)C)cc3c2=O)cs1)C(=O)OCC. The van der Waals surface area contributed by atoms with Crippen molar-refractivity contribution in [1.82, 2.24) is 19.9 Å². The lowest BCUT2D eigenvalue weighted by atomic mass is 9.96. The van der Waals surface area contributed by atoms with Crippen molar-refractivity contribution in [3.8, 4) is 12.0 Å². The van der Waals surface area contributed by atoms with E-state index in [0.717, 1.165) is 4.88 Å². The summed E-state index contributed by atoms with van der Waals surface area (Å²) in [5.74, 6) is 2.36. The molecule has 3 heterocycles. The molecule has 3 aromatic rings. The van der Waals surface area contributed by atoms with Gasteiger partial charge in [-0.05, 0) is 38.3 Å². The van der Waals surface area contributed by atoms with Gasteiger partial charge in [-0.1, -0.05) is 20.8 Å². The summed E-state index contributed by atoms with van der Waals surface area (Å²) in [5, 5.41) is 8.04. The predicted octanol–water partition coefficient (Wildman–Crippen LogP) is 2.99. The second-order valence-electron chi connectivity index (χ2n) is 9.64. The topological polar surface area (TPSA) is 144 Å². The number of rotatable bonds is 10. The number of ether oxygens (including phenoxy) is 2. The van der Waals surface area contributed by atoms with E-state index in [2.05, 4.69) is 32.6 Å². The van der Waals surface area contributed by atoms with Crippen molar-refractivity contribution in [2.24, 2.45) is 5.41 Å². The molecule has 3 rings (SSSR count). The van der Waals surface area contributed by atoms with Crippen molar-refractivity contribution in [2.75, 3.05) is 18.5 Å². The third-order valence-electron chi connectivity index (χ3n) is 5.49. The molecule has 11 nitrogen and oxygen atoms in total. The van der Waals surface area contributed by atoms with Gasteiger partial charge in [0.15, 0.2) is 0 Å². The molecule has 0 radical (unpaired) electrons. The zero-order valence-corrected chi connectivity index (χ0v) is 23.5. The monoisotopic (exact) mass is 555 g/mol. The summed E-state index contributed by atoms with van der Waals surface area (Å²) in [5.41, 5.74) is 0.0877. The van der Waals surface area contributed by atoms with Gasteiger partial charge >= 0.3 is 11.9 Å². The van der Waals surface area contributed by atoms with E-state index in [1.807, 2.05) is 11.4 Å². The van der Waals surface area contributed by atoms with E-state index in [9.17, 15) is 19.2 Å². The first-order chi connectivity index (χ1) is 18.5. The number of carbonyl (C=O) groups is 3. The molecule has 0 saturated heterocycles. The van der Waals surface area contributed by atoms with E-state index in [1.165, 1.54) is 22.2 Å². The van der Waals surface area contributed by atoms with Crippen LogP contribution in [0.2, 0.25) is 0 Å². The van der Waals surface area contributed by atoms with Crippen LogP contribution in [0.4, 0.5) is 5.82 Å². The van der Waals surface area contributed by atoms with Gasteiger partial charge in [-0.3, -0.25) is 24.5 Å². The number of thiophene rings is 1. The molecular formula is C27H33N5O6S. The number of hydrogen-bond donors (Lipinski definition) is 3. The summed E-state index contributed by atoms with van der Waals surface area (Å²) in [6, 6.07) is 5.55. The second kappa shape index (κ2) is 13.2. The Morgan fingerprint density at radius 3 is 2.62 bits per heavy atom. The van der Waals surface area contributed by atoms with Crippen LogP contribution >= 0.6 is 11.3 Å². The summed E-state index contributed by atoms with van der Waals surface area (Å²) in [6.45, 7) is 9.74. The largest absolute Gasteiger partial charge is 0.466 e. The van der Waals surface area contributed by atoms with Gasteiger partial charge < -0.3 is 19.8 Å². The molecule has 39 heavy (non-hydrogen) atoms. The number of nitrogens with one attached hydrogen (secondary N) is 3. The number of nitrogens with zero attached hydrogens (tertiary/aromatic N) is 2. The minimum Gasteiger partial charge on any atom is -0.466 e. The minimum absolute atomic E-state index is 0.101. The number of fused-ring (bicyclic) bond motifs is 1. The van der Waals surface area contributed by atoms with Crippen LogP contribution in [0.25, 0.3) is 11.0 Å². The Balaban J connectivity index is 1.68. The van der Waals surface area contributed by atoms with E-state index in [4.69, 9.17) is 9.47 Å². The maximum atomic E-state index is 12.9. The normalized spacial score (nSPS) is 11.9. The third-order valence-corrected chi connectivity index (χ3v) is 6.43. The van der Waals surface area contributed by atoms with Crippen molar-refractivity contribution >= 4 is 46.0 Å². The standard InChI is InChI=1S/C27H33N5O6S/c1-6-37-22(33)9-8-20(25(35)38-7-2)28-14-18-12-17(15-39-18)10-11-32-16-29-23-19(24(32)34)13-21(30-23)31-26(36)27(3,4)5/h12-13,15-16,20,28,30H,6-9,14H2,1-5H3,(H,31,36)/t20-/m0/s1. The molecule has 3 N–H and O–H groups in total. The quantitative estimate of drug-likeness (QED) is 0.256. The highest BCUT2D eigenvalue weighted by atomic mass is 32.1. The Morgan fingerprint density at radius 2 is 1.92 bits per heavy atom. The van der Waals surface area contributed by atoms with Gasteiger partial charge in [0.25, 0.3) is 5.56 Å². The first-order valence-corrected chi connectivity index (χ1v) is 13.5. The van der Waals surface area contributed by atoms with Crippen LogP contribution in [-0.4, -0.2) is 51.6 Å². The van der Waals surface area contributed by atoms with Crippen LogP contribution in [0.1, 0.15) is 57.9 Å². The van der Waals surface area contributed by atoms with Crippen LogP contribution in [-0.2, 0) is 30.4 Å². The van der Waals surface area contributed by atoms with E-state index < -0.39 is 17.4 Å². The summed E-state index contributed by atoms with van der Waals surface area (Å²) >= 11 is 1.44. The summed E-state index contributed by atoms with van der Waals surface area (Å²) < 4.78 is 11.3. The van der Waals surface area contributed by atoms with Crippen molar-refractivity contribution in [3.05, 3.63) is 44.6 Å². The fraction of sp³-hybridized carbons (Fsp3) is 0.444. The molecular weight excluding hydrogens is 522 g/mol. The molecule has 0 unspecified atom stereocenters. The first kappa shape index (κ1) is 29.6. The van der Waals surface area contributed by atoms with Gasteiger partial charge in [0.2, 0.25) is 5.91 Å². The first-order valence-electron chi connectivity index (χ1n) is 12.6. The van der Waals surface area contributed by atoms with Crippen molar-refractivity contribution in [1.29, 1.82) is 0 Å². The molecule has 1 amide bonds. The van der Waals surface area contributed by atoms with E-state index in [1.54, 1.807) is 40.7 Å². The fourth-order valence-corrected chi connectivity index (χ4v) is 4.16. The summed E-state index contributed by atoms with van der Waals surface area (Å²) in [7, 11) is 0. The molecule has 0 aliphatic rings. The number of esters is 2. The van der Waals surface area contributed by atoms with Gasteiger partial charge in [-0.15, -0.1) is 11.3 Å². The van der Waals surface area contributed by atoms with Gasteiger partial charge in [0.05, 0.1) is 18.6 Å². The van der Waals surface area contributed by atoms with E-state index in [-0.39, 0.29) is 43.5 Å². The number of amides is 1. The van der Waals surface area contributed by atoms with Crippen LogP contribution in [0, 0.1) is 17.4 Å². The van der Waals surface area contributed by atoms with Crippen LogP contribution in [0.15, 0.2) is 28.6 Å². The molecule has 0 aliphatic heterocycles. The fourth-order valence-electron chi connectivity index (χ4n) is 3.39. The summed E-state index contributed by atoms with van der Waals surface area (Å²) in [6.07, 6.45) is 1.69. The lowest BCUT2D eigenvalue weighted by Gasteiger charge is -2.16. The van der Waals surface area contributed by atoms with Crippen molar-refractivity contribution in [2.45, 2.75) is 60.0 Å². The predicted molar refractivity (Wildman–Crippen MR) is 148 cm³/mol.